The van der Waals surface area contributed by atoms with Gasteiger partial charge in [-0.3, -0.25) is 4.79 Å². The van der Waals surface area contributed by atoms with Gasteiger partial charge in [-0.2, -0.15) is 9.89 Å². The average Bonchev–Trinajstić information content (AvgIpc) is 3.80. The summed E-state index contributed by atoms with van der Waals surface area (Å²) < 4.78 is 33.5. The minimum absolute atomic E-state index is 0.151. The zero-order valence-corrected chi connectivity index (χ0v) is 25.5. The van der Waals surface area contributed by atoms with Crippen molar-refractivity contribution in [2.24, 2.45) is 0 Å². The summed E-state index contributed by atoms with van der Waals surface area (Å²) in [6.45, 7) is 5.04. The van der Waals surface area contributed by atoms with Crippen LogP contribution in [0.4, 0.5) is 20.2 Å². The Labute approximate surface area is 262 Å². The maximum atomic E-state index is 14.0. The van der Waals surface area contributed by atoms with Gasteiger partial charge in [-0.05, 0) is 112 Å². The largest absolute Gasteiger partial charge is 0.366 e. The van der Waals surface area contributed by atoms with Crippen LogP contribution in [0.2, 0.25) is 0 Å². The Morgan fingerprint density at radius 3 is 2.56 bits per heavy atom. The maximum absolute atomic E-state index is 14.0. The van der Waals surface area contributed by atoms with Gasteiger partial charge in [0.1, 0.15) is 17.9 Å². The SMILES string of the molecule is O=C(Nn1ncc2cc(Cc3cc(F)cc(F)c3)ccc21)c1cccc(N2CCC[C@H]2CN2CCCC2)c1NC1CCCCO1. The molecule has 1 amide bonds. The number of hydrogen-bond donors (Lipinski definition) is 2. The van der Waals surface area contributed by atoms with E-state index in [1.54, 1.807) is 6.20 Å². The maximum Gasteiger partial charge on any atom is 0.273 e. The van der Waals surface area contributed by atoms with Gasteiger partial charge in [0.25, 0.3) is 5.91 Å². The number of carbonyl (C=O) groups excluding carboxylic acids is 1. The monoisotopic (exact) mass is 614 g/mol. The topological polar surface area (TPSA) is 74.7 Å². The number of halogens is 2. The number of aromatic nitrogens is 2. The molecule has 236 valence electrons. The number of benzene rings is 3. The summed E-state index contributed by atoms with van der Waals surface area (Å²) in [5, 5.41) is 8.89. The number of nitrogens with zero attached hydrogens (tertiary/aromatic N) is 4. The Bertz CT molecular complexity index is 1640. The molecular weight excluding hydrogens is 574 g/mol. The molecule has 7 rings (SSSR count). The van der Waals surface area contributed by atoms with Gasteiger partial charge in [-0.15, -0.1) is 0 Å². The van der Waals surface area contributed by atoms with E-state index in [1.165, 1.54) is 29.8 Å². The molecule has 0 saturated carbocycles. The van der Waals surface area contributed by atoms with Gasteiger partial charge in [0, 0.05) is 37.2 Å². The highest BCUT2D eigenvalue weighted by atomic mass is 19.1. The summed E-state index contributed by atoms with van der Waals surface area (Å²) in [4.78, 5) is 20.5. The van der Waals surface area contributed by atoms with E-state index in [-0.39, 0.29) is 12.1 Å². The molecule has 2 atom stereocenters. The molecule has 2 N–H and O–H groups in total. The second-order valence-corrected chi connectivity index (χ2v) is 12.5. The smallest absolute Gasteiger partial charge is 0.273 e. The molecule has 4 aromatic rings. The molecule has 10 heteroatoms. The number of likely N-dealkylation sites (tertiary alicyclic amines) is 1. The van der Waals surface area contributed by atoms with E-state index in [1.807, 2.05) is 30.3 Å². The molecule has 0 radical (unpaired) electrons. The van der Waals surface area contributed by atoms with Gasteiger partial charge in [0.05, 0.1) is 28.7 Å². The van der Waals surface area contributed by atoms with Crippen molar-refractivity contribution in [3.8, 4) is 0 Å². The van der Waals surface area contributed by atoms with Gasteiger partial charge in [0.2, 0.25) is 0 Å². The molecule has 3 fully saturated rings. The summed E-state index contributed by atoms with van der Waals surface area (Å²) in [6.07, 6.45) is 9.73. The molecule has 0 spiro atoms. The molecule has 3 aromatic carbocycles. The third-order valence-electron chi connectivity index (χ3n) is 9.30. The van der Waals surface area contributed by atoms with Gasteiger partial charge < -0.3 is 19.9 Å². The fourth-order valence-electron chi connectivity index (χ4n) is 7.13. The van der Waals surface area contributed by atoms with Gasteiger partial charge in [-0.1, -0.05) is 12.1 Å². The molecule has 1 aromatic heterocycles. The average molecular weight is 615 g/mol. The molecule has 3 aliphatic rings. The zero-order chi connectivity index (χ0) is 30.8. The first kappa shape index (κ1) is 29.7. The normalized spacial score (nSPS) is 20.6. The van der Waals surface area contributed by atoms with Gasteiger partial charge in [-0.25, -0.2) is 14.2 Å². The quantitative estimate of drug-likeness (QED) is 0.231. The van der Waals surface area contributed by atoms with Crippen LogP contribution in [0.25, 0.3) is 10.9 Å². The van der Waals surface area contributed by atoms with Crippen LogP contribution in [0, 0.1) is 11.6 Å². The molecule has 8 nitrogen and oxygen atoms in total. The third-order valence-corrected chi connectivity index (χ3v) is 9.30. The number of ether oxygens (including phenoxy) is 1. The fourth-order valence-corrected chi connectivity index (χ4v) is 7.13. The molecule has 0 aliphatic carbocycles. The number of amides is 1. The number of carbonyl (C=O) groups is 1. The van der Waals surface area contributed by atoms with E-state index in [4.69, 9.17) is 4.74 Å². The second-order valence-electron chi connectivity index (χ2n) is 12.5. The second kappa shape index (κ2) is 13.1. The van der Waals surface area contributed by atoms with Crippen molar-refractivity contribution in [1.82, 2.24) is 14.8 Å². The standard InChI is InChI=1S/C35H40F2N6O2/c36-27-19-25(20-28(37)21-27)17-24-11-12-31-26(18-24)22-38-43(31)40-35(44)30-8-5-9-32(34(30)39-33-10-1-4-16-45-33)42-15-6-7-29(42)23-41-13-2-3-14-41/h5,8-9,11-12,18-22,29,33,39H,1-4,6-7,10,13-17,23H2,(H,40,44)/t29-,33?/m0/s1. The van der Waals surface area contributed by atoms with Crippen LogP contribution >= 0.6 is 0 Å². The number of anilines is 2. The van der Waals surface area contributed by atoms with Crippen molar-refractivity contribution in [2.45, 2.75) is 63.6 Å². The zero-order valence-electron chi connectivity index (χ0n) is 25.5. The number of fused-ring (bicyclic) bond motifs is 1. The van der Waals surface area contributed by atoms with E-state index < -0.39 is 11.6 Å². The van der Waals surface area contributed by atoms with Crippen LogP contribution in [0.15, 0.2) is 60.8 Å². The lowest BCUT2D eigenvalue weighted by Crippen LogP contribution is -2.40. The highest BCUT2D eigenvalue weighted by Crippen LogP contribution is 2.37. The first-order valence-electron chi connectivity index (χ1n) is 16.2. The van der Waals surface area contributed by atoms with Crippen LogP contribution in [-0.2, 0) is 11.2 Å². The highest BCUT2D eigenvalue weighted by molar-refractivity contribution is 6.07. The van der Waals surface area contributed by atoms with Crippen molar-refractivity contribution in [1.29, 1.82) is 0 Å². The van der Waals surface area contributed by atoms with E-state index in [9.17, 15) is 13.6 Å². The van der Waals surface area contributed by atoms with Crippen LogP contribution in [0.3, 0.4) is 0 Å². The van der Waals surface area contributed by atoms with Gasteiger partial charge in [0.15, 0.2) is 0 Å². The van der Waals surface area contributed by atoms with E-state index in [0.717, 1.165) is 92.2 Å². The number of nitrogens with one attached hydrogen (secondary N) is 2. The van der Waals surface area contributed by atoms with Crippen molar-refractivity contribution in [2.75, 3.05) is 48.4 Å². The Hall–Kier alpha value is -4.02. The van der Waals surface area contributed by atoms with E-state index in [2.05, 4.69) is 31.7 Å². The van der Waals surface area contributed by atoms with Gasteiger partial charge >= 0.3 is 0 Å². The fraction of sp³-hybridized carbons (Fsp3) is 0.429. The minimum Gasteiger partial charge on any atom is -0.366 e. The van der Waals surface area contributed by atoms with Crippen LogP contribution < -0.4 is 15.6 Å². The summed E-state index contributed by atoms with van der Waals surface area (Å²) in [6, 6.07) is 15.6. The summed E-state index contributed by atoms with van der Waals surface area (Å²) in [5.41, 5.74) is 7.54. The molecule has 1 unspecified atom stereocenters. The highest BCUT2D eigenvalue weighted by Gasteiger charge is 2.31. The van der Waals surface area contributed by atoms with Crippen LogP contribution in [-0.4, -0.2) is 65.8 Å². The van der Waals surface area contributed by atoms with Crippen LogP contribution in [0.1, 0.15) is 66.4 Å². The first-order chi connectivity index (χ1) is 22.0. The molecule has 0 bridgehead atoms. The Morgan fingerprint density at radius 2 is 1.76 bits per heavy atom. The predicted octanol–water partition coefficient (Wildman–Crippen LogP) is 6.29. The van der Waals surface area contributed by atoms with Crippen molar-refractivity contribution in [3.05, 3.63) is 89.1 Å². The predicted molar refractivity (Wildman–Crippen MR) is 172 cm³/mol. The summed E-state index contributed by atoms with van der Waals surface area (Å²) >= 11 is 0. The lowest BCUT2D eigenvalue weighted by atomic mass is 10.0. The summed E-state index contributed by atoms with van der Waals surface area (Å²) in [7, 11) is 0. The molecule has 3 aliphatic heterocycles. The number of rotatable bonds is 9. The molecule has 3 saturated heterocycles. The first-order valence-corrected chi connectivity index (χ1v) is 16.2. The summed E-state index contributed by atoms with van der Waals surface area (Å²) in [5.74, 6) is -1.46. The van der Waals surface area contributed by atoms with Crippen molar-refractivity contribution in [3.63, 3.8) is 0 Å². The lowest BCUT2D eigenvalue weighted by molar-refractivity contribution is 0.0343. The third kappa shape index (κ3) is 6.67. The number of hydrogen-bond acceptors (Lipinski definition) is 6. The van der Waals surface area contributed by atoms with Crippen molar-refractivity contribution < 1.29 is 18.3 Å². The van der Waals surface area contributed by atoms with E-state index in [0.29, 0.717) is 30.2 Å². The lowest BCUT2D eigenvalue weighted by Gasteiger charge is -2.34. The number of para-hydroxylation sites is 1. The van der Waals surface area contributed by atoms with Crippen molar-refractivity contribution >= 4 is 28.2 Å². The Kier molecular flexibility index (Phi) is 8.67. The Balaban J connectivity index is 1.15. The van der Waals surface area contributed by atoms with Crippen LogP contribution in [0.5, 0.6) is 0 Å². The minimum atomic E-state index is -0.596. The molecular formula is C35H40F2N6O2. The molecule has 4 heterocycles. The van der Waals surface area contributed by atoms with E-state index >= 15 is 0 Å². The Morgan fingerprint density at radius 1 is 0.911 bits per heavy atom. The molecule has 45 heavy (non-hydrogen) atoms.